The van der Waals surface area contributed by atoms with E-state index in [1.165, 1.54) is 19.3 Å². The summed E-state index contributed by atoms with van der Waals surface area (Å²) in [7, 11) is 0. The van der Waals surface area contributed by atoms with Crippen molar-refractivity contribution in [1.29, 1.82) is 0 Å². The normalized spacial score (nSPS) is 24.0. The summed E-state index contributed by atoms with van der Waals surface area (Å²) in [5.74, 6) is 0. The lowest BCUT2D eigenvalue weighted by atomic mass is 10.4. The van der Waals surface area contributed by atoms with Crippen molar-refractivity contribution in [2.24, 2.45) is 0 Å². The maximum absolute atomic E-state index is 5.01. The molecule has 0 saturated carbocycles. The first-order chi connectivity index (χ1) is 7.50. The minimum absolute atomic E-state index is 0.889. The van der Waals surface area contributed by atoms with Gasteiger partial charge in [0.25, 0.3) is 0 Å². The molecule has 3 saturated heterocycles. The molecule has 0 aromatic heterocycles. The van der Waals surface area contributed by atoms with Gasteiger partial charge in [-0.1, -0.05) is 0 Å². The van der Waals surface area contributed by atoms with Gasteiger partial charge in [0.15, 0.2) is 0 Å². The molecule has 3 rings (SSSR count). The minimum atomic E-state index is 0.889. The van der Waals surface area contributed by atoms with Crippen LogP contribution in [0.2, 0.25) is 0 Å². The van der Waals surface area contributed by atoms with Gasteiger partial charge in [-0.05, 0) is 19.3 Å². The van der Waals surface area contributed by atoms with Crippen molar-refractivity contribution in [3.63, 3.8) is 0 Å². The van der Waals surface area contributed by atoms with Crippen LogP contribution in [0.5, 0.6) is 0 Å². The lowest BCUT2D eigenvalue weighted by Crippen LogP contribution is -2.30. The summed E-state index contributed by atoms with van der Waals surface area (Å²) in [5, 5.41) is 3.16. The van der Waals surface area contributed by atoms with Gasteiger partial charge >= 0.3 is 0 Å². The van der Waals surface area contributed by atoms with E-state index in [4.69, 9.17) is 14.2 Å². The molecule has 3 aliphatic rings. The van der Waals surface area contributed by atoms with Gasteiger partial charge in [0.2, 0.25) is 0 Å². The van der Waals surface area contributed by atoms with Gasteiger partial charge < -0.3 is 19.5 Å². The first kappa shape index (κ1) is 12.9. The van der Waals surface area contributed by atoms with Gasteiger partial charge in [-0.2, -0.15) is 0 Å². The molecular weight excluding hydrogens is 194 g/mol. The number of rotatable bonds is 0. The van der Waals surface area contributed by atoms with Gasteiger partial charge in [0, 0.05) is 39.5 Å². The number of ether oxygens (including phenoxy) is 3. The molecule has 3 aliphatic heterocycles. The Morgan fingerprint density at radius 1 is 0.533 bits per heavy atom. The molecule has 90 valence electrons. The van der Waals surface area contributed by atoms with Crippen LogP contribution < -0.4 is 5.32 Å². The van der Waals surface area contributed by atoms with Gasteiger partial charge in [-0.3, -0.25) is 0 Å². The van der Waals surface area contributed by atoms with Gasteiger partial charge in [-0.25, -0.2) is 0 Å². The van der Waals surface area contributed by atoms with Crippen LogP contribution in [0.3, 0.4) is 0 Å². The molecule has 0 radical (unpaired) electrons. The molecular formula is C11H23NO3. The summed E-state index contributed by atoms with van der Waals surface area (Å²) in [6, 6.07) is 0. The van der Waals surface area contributed by atoms with E-state index < -0.39 is 0 Å². The summed E-state index contributed by atoms with van der Waals surface area (Å²) >= 11 is 0. The van der Waals surface area contributed by atoms with Crippen molar-refractivity contribution in [2.75, 3.05) is 52.7 Å². The molecule has 15 heavy (non-hydrogen) atoms. The van der Waals surface area contributed by atoms with E-state index in [1.54, 1.807) is 0 Å². The molecule has 0 atom stereocenters. The van der Waals surface area contributed by atoms with E-state index >= 15 is 0 Å². The standard InChI is InChI=1S/C4H9NO.C4H8O.C3H6O/c1-3-6-4-2-5-1;1-2-4-5-3-1;1-2-4-3-1/h5H,1-4H2;1-4H2;1-3H2. The lowest BCUT2D eigenvalue weighted by molar-refractivity contribution is 0.0367. The van der Waals surface area contributed by atoms with Crippen molar-refractivity contribution < 1.29 is 14.2 Å². The first-order valence-corrected chi connectivity index (χ1v) is 5.94. The maximum atomic E-state index is 5.01. The molecule has 0 unspecified atom stereocenters. The van der Waals surface area contributed by atoms with Crippen LogP contribution >= 0.6 is 0 Å². The molecule has 0 amide bonds. The molecule has 4 nitrogen and oxygen atoms in total. The zero-order chi connectivity index (χ0) is 10.6. The Kier molecular flexibility index (Phi) is 8.92. The number of morpholine rings is 1. The van der Waals surface area contributed by atoms with Crippen molar-refractivity contribution >= 4 is 0 Å². The third-order valence-electron chi connectivity index (χ3n) is 2.25. The quantitative estimate of drug-likeness (QED) is 0.652. The highest BCUT2D eigenvalue weighted by molar-refractivity contribution is 4.49. The predicted octanol–water partition coefficient (Wildman–Crippen LogP) is 0.810. The van der Waals surface area contributed by atoms with Crippen LogP contribution in [-0.4, -0.2) is 52.7 Å². The van der Waals surface area contributed by atoms with Crippen LogP contribution in [0.4, 0.5) is 0 Å². The number of hydrogen-bond acceptors (Lipinski definition) is 4. The third-order valence-corrected chi connectivity index (χ3v) is 2.25. The summed E-state index contributed by atoms with van der Waals surface area (Å²) in [6.45, 7) is 7.83. The van der Waals surface area contributed by atoms with Gasteiger partial charge in [0.1, 0.15) is 0 Å². The second-order valence-electron chi connectivity index (χ2n) is 3.65. The largest absolute Gasteiger partial charge is 0.381 e. The number of nitrogens with one attached hydrogen (secondary N) is 1. The summed E-state index contributed by atoms with van der Waals surface area (Å²) < 4.78 is 14.7. The Balaban J connectivity index is 0.000000115. The molecule has 0 aliphatic carbocycles. The number of hydrogen-bond donors (Lipinski definition) is 1. The minimum Gasteiger partial charge on any atom is -0.381 e. The smallest absolute Gasteiger partial charge is 0.0591 e. The Hall–Kier alpha value is -0.160. The lowest BCUT2D eigenvalue weighted by Gasteiger charge is -2.10. The average Bonchev–Trinajstić information content (AvgIpc) is 2.75. The molecule has 0 spiro atoms. The molecule has 0 aromatic rings. The fraction of sp³-hybridized carbons (Fsp3) is 1.00. The van der Waals surface area contributed by atoms with E-state index in [2.05, 4.69) is 5.32 Å². The van der Waals surface area contributed by atoms with E-state index in [-0.39, 0.29) is 0 Å². The zero-order valence-electron chi connectivity index (χ0n) is 9.50. The fourth-order valence-corrected chi connectivity index (χ4v) is 1.17. The van der Waals surface area contributed by atoms with Crippen molar-refractivity contribution in [3.05, 3.63) is 0 Å². The monoisotopic (exact) mass is 217 g/mol. The van der Waals surface area contributed by atoms with E-state index in [1.807, 2.05) is 0 Å². The molecule has 4 heteroatoms. The third kappa shape index (κ3) is 8.81. The first-order valence-electron chi connectivity index (χ1n) is 5.94. The topological polar surface area (TPSA) is 39.7 Å². The van der Waals surface area contributed by atoms with Crippen molar-refractivity contribution in [3.8, 4) is 0 Å². The molecule has 3 heterocycles. The second-order valence-corrected chi connectivity index (χ2v) is 3.65. The predicted molar refractivity (Wildman–Crippen MR) is 59.2 cm³/mol. The summed E-state index contributed by atoms with van der Waals surface area (Å²) in [4.78, 5) is 0. The molecule has 1 N–H and O–H groups in total. The SMILES string of the molecule is C1CCOC1.C1COC1.C1COCCN1. The highest BCUT2D eigenvalue weighted by Gasteiger charge is 1.95. The van der Waals surface area contributed by atoms with E-state index in [0.717, 1.165) is 52.7 Å². The Morgan fingerprint density at radius 2 is 1.00 bits per heavy atom. The Bertz CT molecular complexity index is 97.9. The second kappa shape index (κ2) is 10.4. The highest BCUT2D eigenvalue weighted by Crippen LogP contribution is 1.98. The van der Waals surface area contributed by atoms with Crippen LogP contribution in [0.1, 0.15) is 19.3 Å². The van der Waals surface area contributed by atoms with Crippen LogP contribution in [0.25, 0.3) is 0 Å². The zero-order valence-corrected chi connectivity index (χ0v) is 9.50. The van der Waals surface area contributed by atoms with Gasteiger partial charge in [-0.15, -0.1) is 0 Å². The maximum Gasteiger partial charge on any atom is 0.0591 e. The van der Waals surface area contributed by atoms with Crippen molar-refractivity contribution in [1.82, 2.24) is 5.32 Å². The fourth-order valence-electron chi connectivity index (χ4n) is 1.17. The van der Waals surface area contributed by atoms with Crippen molar-refractivity contribution in [2.45, 2.75) is 19.3 Å². The average molecular weight is 217 g/mol. The van der Waals surface area contributed by atoms with Crippen LogP contribution in [-0.2, 0) is 14.2 Å². The summed E-state index contributed by atoms with van der Waals surface area (Å²) in [6.07, 6.45) is 3.83. The molecule has 3 fully saturated rings. The molecule has 0 bridgehead atoms. The summed E-state index contributed by atoms with van der Waals surface area (Å²) in [5.41, 5.74) is 0. The van der Waals surface area contributed by atoms with Crippen LogP contribution in [0, 0.1) is 0 Å². The Morgan fingerprint density at radius 3 is 1.13 bits per heavy atom. The van der Waals surface area contributed by atoms with E-state index in [9.17, 15) is 0 Å². The van der Waals surface area contributed by atoms with Crippen LogP contribution in [0.15, 0.2) is 0 Å². The highest BCUT2D eigenvalue weighted by atomic mass is 16.5. The van der Waals surface area contributed by atoms with Gasteiger partial charge in [0.05, 0.1) is 13.2 Å². The van der Waals surface area contributed by atoms with E-state index in [0.29, 0.717) is 0 Å². The Labute approximate surface area is 92.3 Å². The molecule has 0 aromatic carbocycles.